The third kappa shape index (κ3) is 4.08. The zero-order valence-electron chi connectivity index (χ0n) is 18.4. The SMILES string of the molecule is CCCCCCOc1ccc2c(c1)C1C=CCC1C(c1c(C)cc(C)cc1C)N2. The van der Waals surface area contributed by atoms with Crippen LogP contribution >= 0.6 is 0 Å². The van der Waals surface area contributed by atoms with Crippen molar-refractivity contribution in [2.45, 2.75) is 71.8 Å². The Morgan fingerprint density at radius 2 is 1.79 bits per heavy atom. The van der Waals surface area contributed by atoms with Gasteiger partial charge in [-0.05, 0) is 80.0 Å². The number of unbranched alkanes of at least 4 members (excludes halogenated alkanes) is 3. The summed E-state index contributed by atoms with van der Waals surface area (Å²) >= 11 is 0. The van der Waals surface area contributed by atoms with E-state index < -0.39 is 0 Å². The Morgan fingerprint density at radius 3 is 2.55 bits per heavy atom. The molecule has 1 aliphatic carbocycles. The van der Waals surface area contributed by atoms with Crippen molar-refractivity contribution in [1.82, 2.24) is 0 Å². The smallest absolute Gasteiger partial charge is 0.119 e. The minimum absolute atomic E-state index is 0.365. The van der Waals surface area contributed by atoms with Gasteiger partial charge in [0, 0.05) is 11.6 Å². The predicted molar refractivity (Wildman–Crippen MR) is 123 cm³/mol. The number of ether oxygens (including phenoxy) is 1. The number of benzene rings is 2. The number of fused-ring (bicyclic) bond motifs is 3. The number of allylic oxidation sites excluding steroid dienone is 2. The summed E-state index contributed by atoms with van der Waals surface area (Å²) in [4.78, 5) is 0. The van der Waals surface area contributed by atoms with Crippen LogP contribution in [0.5, 0.6) is 5.75 Å². The van der Waals surface area contributed by atoms with Crippen molar-refractivity contribution in [2.75, 3.05) is 11.9 Å². The Kier molecular flexibility index (Phi) is 5.99. The van der Waals surface area contributed by atoms with Gasteiger partial charge in [-0.2, -0.15) is 0 Å². The van der Waals surface area contributed by atoms with Crippen molar-refractivity contribution >= 4 is 5.69 Å². The molecule has 0 aromatic heterocycles. The highest BCUT2D eigenvalue weighted by atomic mass is 16.5. The van der Waals surface area contributed by atoms with E-state index >= 15 is 0 Å². The minimum Gasteiger partial charge on any atom is -0.494 e. The van der Waals surface area contributed by atoms with Crippen LogP contribution in [0.2, 0.25) is 0 Å². The van der Waals surface area contributed by atoms with E-state index in [9.17, 15) is 0 Å². The van der Waals surface area contributed by atoms with Crippen LogP contribution in [0.3, 0.4) is 0 Å². The maximum absolute atomic E-state index is 6.08. The summed E-state index contributed by atoms with van der Waals surface area (Å²) in [5, 5.41) is 3.90. The summed E-state index contributed by atoms with van der Waals surface area (Å²) in [5.41, 5.74) is 8.30. The highest BCUT2D eigenvalue weighted by Gasteiger charge is 2.39. The van der Waals surface area contributed by atoms with E-state index in [1.807, 2.05) is 0 Å². The zero-order valence-corrected chi connectivity index (χ0v) is 18.4. The van der Waals surface area contributed by atoms with Gasteiger partial charge in [0.25, 0.3) is 0 Å². The molecular formula is C27H35NO. The normalized spacial score (nSPS) is 22.1. The number of hydrogen-bond acceptors (Lipinski definition) is 2. The molecular weight excluding hydrogens is 354 g/mol. The number of aryl methyl sites for hydroxylation is 3. The molecule has 0 bridgehead atoms. The van der Waals surface area contributed by atoms with E-state index in [4.69, 9.17) is 4.74 Å². The largest absolute Gasteiger partial charge is 0.494 e. The summed E-state index contributed by atoms with van der Waals surface area (Å²) in [6.45, 7) is 9.78. The Balaban J connectivity index is 1.58. The summed E-state index contributed by atoms with van der Waals surface area (Å²) in [6.07, 6.45) is 10.9. The molecule has 0 spiro atoms. The maximum Gasteiger partial charge on any atom is 0.119 e. The second kappa shape index (κ2) is 8.65. The van der Waals surface area contributed by atoms with E-state index in [-0.39, 0.29) is 0 Å². The quantitative estimate of drug-likeness (QED) is 0.393. The fourth-order valence-corrected chi connectivity index (χ4v) is 5.35. The van der Waals surface area contributed by atoms with E-state index in [0.29, 0.717) is 17.9 Å². The molecule has 154 valence electrons. The van der Waals surface area contributed by atoms with Crippen molar-refractivity contribution in [3.05, 3.63) is 70.3 Å². The summed E-state index contributed by atoms with van der Waals surface area (Å²) in [7, 11) is 0. The summed E-state index contributed by atoms with van der Waals surface area (Å²) in [6, 6.07) is 11.7. The molecule has 2 heteroatoms. The molecule has 2 nitrogen and oxygen atoms in total. The monoisotopic (exact) mass is 389 g/mol. The van der Waals surface area contributed by atoms with Gasteiger partial charge in [-0.1, -0.05) is 56.0 Å². The average molecular weight is 390 g/mol. The van der Waals surface area contributed by atoms with Crippen LogP contribution in [0.1, 0.15) is 78.8 Å². The lowest BCUT2D eigenvalue weighted by Gasteiger charge is -2.39. The van der Waals surface area contributed by atoms with Gasteiger partial charge in [0.05, 0.1) is 12.6 Å². The second-order valence-electron chi connectivity index (χ2n) is 8.95. The number of rotatable bonds is 7. The van der Waals surface area contributed by atoms with Crippen LogP contribution < -0.4 is 10.1 Å². The topological polar surface area (TPSA) is 21.3 Å². The molecule has 0 saturated heterocycles. The molecule has 0 radical (unpaired) electrons. The summed E-state index contributed by atoms with van der Waals surface area (Å²) in [5.74, 6) is 2.06. The lowest BCUT2D eigenvalue weighted by atomic mass is 9.75. The molecule has 1 N–H and O–H groups in total. The first-order chi connectivity index (χ1) is 14.1. The first kappa shape index (κ1) is 20.1. The Morgan fingerprint density at radius 1 is 1.00 bits per heavy atom. The molecule has 0 amide bonds. The molecule has 2 aliphatic rings. The van der Waals surface area contributed by atoms with Crippen LogP contribution in [0.15, 0.2) is 42.5 Å². The highest BCUT2D eigenvalue weighted by molar-refractivity contribution is 5.62. The minimum atomic E-state index is 0.365. The standard InChI is InChI=1S/C27H35NO/c1-5-6-7-8-14-29-21-12-13-25-24(17-21)22-10-9-11-23(22)27(28-25)26-19(3)15-18(2)16-20(26)4/h9-10,12-13,15-17,22-23,27-28H,5-8,11,14H2,1-4H3. The Labute approximate surface area is 176 Å². The lowest BCUT2D eigenvalue weighted by molar-refractivity contribution is 0.304. The van der Waals surface area contributed by atoms with Gasteiger partial charge in [-0.25, -0.2) is 0 Å². The van der Waals surface area contributed by atoms with E-state index in [1.54, 1.807) is 0 Å². The lowest BCUT2D eigenvalue weighted by Crippen LogP contribution is -2.30. The number of anilines is 1. The van der Waals surface area contributed by atoms with E-state index in [2.05, 4.69) is 75.5 Å². The molecule has 4 rings (SSSR count). The van der Waals surface area contributed by atoms with Gasteiger partial charge in [-0.15, -0.1) is 0 Å². The molecule has 1 heterocycles. The molecule has 3 atom stereocenters. The third-order valence-corrected chi connectivity index (χ3v) is 6.65. The van der Waals surface area contributed by atoms with Crippen molar-refractivity contribution < 1.29 is 4.74 Å². The van der Waals surface area contributed by atoms with Crippen molar-refractivity contribution in [3.63, 3.8) is 0 Å². The molecule has 3 unspecified atom stereocenters. The van der Waals surface area contributed by atoms with Gasteiger partial charge in [0.1, 0.15) is 5.75 Å². The summed E-state index contributed by atoms with van der Waals surface area (Å²) < 4.78 is 6.08. The predicted octanol–water partition coefficient (Wildman–Crippen LogP) is 7.40. The Bertz CT molecular complexity index is 874. The van der Waals surface area contributed by atoms with Gasteiger partial charge >= 0.3 is 0 Å². The number of hydrogen-bond donors (Lipinski definition) is 1. The highest BCUT2D eigenvalue weighted by Crippen LogP contribution is 2.51. The van der Waals surface area contributed by atoms with Crippen LogP contribution in [0, 0.1) is 26.7 Å². The van der Waals surface area contributed by atoms with Gasteiger partial charge in [-0.3, -0.25) is 0 Å². The van der Waals surface area contributed by atoms with Gasteiger partial charge < -0.3 is 10.1 Å². The van der Waals surface area contributed by atoms with Crippen molar-refractivity contribution in [1.29, 1.82) is 0 Å². The molecule has 2 aromatic rings. The van der Waals surface area contributed by atoms with Gasteiger partial charge in [0.2, 0.25) is 0 Å². The molecule has 29 heavy (non-hydrogen) atoms. The van der Waals surface area contributed by atoms with Crippen LogP contribution in [0.25, 0.3) is 0 Å². The van der Waals surface area contributed by atoms with Crippen LogP contribution in [0.4, 0.5) is 5.69 Å². The Hall–Kier alpha value is -2.22. The zero-order chi connectivity index (χ0) is 20.4. The maximum atomic E-state index is 6.08. The first-order valence-electron chi connectivity index (χ1n) is 11.4. The first-order valence-corrected chi connectivity index (χ1v) is 11.4. The molecule has 0 saturated carbocycles. The van der Waals surface area contributed by atoms with E-state index in [0.717, 1.165) is 25.2 Å². The second-order valence-corrected chi connectivity index (χ2v) is 8.95. The van der Waals surface area contributed by atoms with Gasteiger partial charge in [0.15, 0.2) is 0 Å². The van der Waals surface area contributed by atoms with Crippen LogP contribution in [-0.4, -0.2) is 6.61 Å². The average Bonchev–Trinajstić information content (AvgIpc) is 3.17. The number of nitrogens with one attached hydrogen (secondary N) is 1. The van der Waals surface area contributed by atoms with E-state index in [1.165, 1.54) is 52.8 Å². The third-order valence-electron chi connectivity index (χ3n) is 6.65. The van der Waals surface area contributed by atoms with Crippen molar-refractivity contribution in [3.8, 4) is 5.75 Å². The fourth-order valence-electron chi connectivity index (χ4n) is 5.35. The molecule has 1 aliphatic heterocycles. The van der Waals surface area contributed by atoms with Crippen LogP contribution in [-0.2, 0) is 0 Å². The molecule has 2 aromatic carbocycles. The fraction of sp³-hybridized carbons (Fsp3) is 0.481. The van der Waals surface area contributed by atoms with Crippen molar-refractivity contribution in [2.24, 2.45) is 5.92 Å². The molecule has 0 fully saturated rings.